The normalized spacial score (nSPS) is 11.9. The molecule has 0 aliphatic rings. The molecule has 0 unspecified atom stereocenters. The van der Waals surface area contributed by atoms with Crippen molar-refractivity contribution in [1.29, 1.82) is 0 Å². The minimum atomic E-state index is -4.62. The van der Waals surface area contributed by atoms with E-state index in [1.54, 1.807) is 111 Å². The van der Waals surface area contributed by atoms with E-state index in [9.17, 15) is 46.1 Å². The minimum absolute atomic E-state index is 0. The number of aryl methyl sites for hydroxylation is 2. The molecule has 0 saturated heterocycles. The molecule has 8 aromatic rings. The van der Waals surface area contributed by atoms with Gasteiger partial charge in [0.1, 0.15) is 44.0 Å². The second kappa shape index (κ2) is 23.6. The zero-order chi connectivity index (χ0) is 52.1. The van der Waals surface area contributed by atoms with Crippen molar-refractivity contribution in [1.82, 2.24) is 0 Å². The fourth-order valence-corrected chi connectivity index (χ4v) is 9.36. The van der Waals surface area contributed by atoms with Gasteiger partial charge in [-0.1, -0.05) is 102 Å². The average Bonchev–Trinajstić information content (AvgIpc) is 3.34. The van der Waals surface area contributed by atoms with E-state index in [0.717, 1.165) is 0 Å². The van der Waals surface area contributed by atoms with Gasteiger partial charge in [-0.15, -0.1) is 15.3 Å². The Kier molecular flexibility index (Phi) is 18.1. The summed E-state index contributed by atoms with van der Waals surface area (Å²) in [5.74, 6) is -1.77. The number of ether oxygens (including phenoxy) is 2. The molecule has 0 aliphatic carbocycles. The Morgan fingerprint density at radius 3 is 1.59 bits per heavy atom. The van der Waals surface area contributed by atoms with E-state index in [-0.39, 0.29) is 98.5 Å². The van der Waals surface area contributed by atoms with Crippen molar-refractivity contribution in [3.8, 4) is 23.0 Å². The Labute approximate surface area is 468 Å². The summed E-state index contributed by atoms with van der Waals surface area (Å²) in [5.41, 5.74) is 0.953. The minimum Gasteiger partial charge on any atom is -0.871 e. The van der Waals surface area contributed by atoms with E-state index in [1.807, 2.05) is 0 Å². The van der Waals surface area contributed by atoms with E-state index < -0.39 is 53.3 Å². The van der Waals surface area contributed by atoms with Crippen LogP contribution in [0.4, 0.5) is 34.1 Å². The van der Waals surface area contributed by atoms with Crippen molar-refractivity contribution in [2.45, 2.75) is 23.6 Å². The first-order valence-corrected chi connectivity index (χ1v) is 24.5. The molecule has 0 aromatic heterocycles. The van der Waals surface area contributed by atoms with Crippen LogP contribution in [0.1, 0.15) is 27.0 Å². The van der Waals surface area contributed by atoms with Crippen LogP contribution in [0.15, 0.2) is 169 Å². The third kappa shape index (κ3) is 12.9. The molecule has 0 saturated carbocycles. The number of phenols is 1. The van der Waals surface area contributed by atoms with Crippen molar-refractivity contribution in [2.75, 3.05) is 19.5 Å². The van der Waals surface area contributed by atoms with Gasteiger partial charge in [0.15, 0.2) is 5.75 Å². The Hall–Kier alpha value is -6.41. The number of aliphatic imine (C=N–C) groups is 1. The van der Waals surface area contributed by atoms with Gasteiger partial charge in [-0.25, -0.2) is 0 Å². The molecular weight excluding hydrogens is 1150 g/mol. The van der Waals surface area contributed by atoms with Gasteiger partial charge in [-0.05, 0) is 108 Å². The maximum atomic E-state index is 13.3. The summed E-state index contributed by atoms with van der Waals surface area (Å²) in [6.07, 6.45) is 0. The molecule has 8 rings (SSSR count). The Bertz CT molecular complexity index is 3790. The van der Waals surface area contributed by atoms with E-state index in [0.29, 0.717) is 49.9 Å². The van der Waals surface area contributed by atoms with Crippen molar-refractivity contribution in [3.05, 3.63) is 166 Å². The Morgan fingerprint density at radius 2 is 1.05 bits per heavy atom. The summed E-state index contributed by atoms with van der Waals surface area (Å²) in [4.78, 5) is 16.1. The monoisotopic (exact) mass is 1190 g/mol. The summed E-state index contributed by atoms with van der Waals surface area (Å²) >= 11 is 12.3. The predicted molar refractivity (Wildman–Crippen MR) is 275 cm³/mol. The number of anilines is 1. The molecule has 23 heteroatoms. The second-order valence-electron chi connectivity index (χ2n) is 15.5. The predicted octanol–water partition coefficient (Wildman–Crippen LogP) is 11.0. The van der Waals surface area contributed by atoms with Crippen molar-refractivity contribution in [2.24, 2.45) is 25.4 Å². The zero-order valence-electron chi connectivity index (χ0n) is 38.7. The van der Waals surface area contributed by atoms with Gasteiger partial charge in [0.05, 0.1) is 41.2 Å². The van der Waals surface area contributed by atoms with Gasteiger partial charge >= 0.3 is 48.9 Å². The molecular formula is C50H38BaCl2N6O12S2. The first-order chi connectivity index (χ1) is 34.2. The molecule has 8 aromatic carbocycles. The van der Waals surface area contributed by atoms with Gasteiger partial charge in [0.2, 0.25) is 0 Å². The molecule has 0 aliphatic heterocycles. The zero-order valence-corrected chi connectivity index (χ0v) is 46.3. The average molecular weight is 1190 g/mol. The Morgan fingerprint density at radius 1 is 0.603 bits per heavy atom. The SMILES string of the molecule is COc1ccccc1N=C([O-])c1cc2ccccc2c(N=Nc2cc(C)cc(S(=O)(=O)O)c2Cl)c1[O-].COc1ccccc1NC(=O)c1cc2ccccc2c(N=Nc2cc(C)cc(S(=O)(=O)O)c2Cl)c1O.[Ba+2]. The standard InChI is InChI=1S/2C25H20ClN3O6S.Ba/c2*1-14-11-19(22(26)21(12-14)36(32,33)34)28-29-23-16-8-4-3-7-15(16)13-17(24(23)30)25(31)27-18-9-5-6-10-20(18)35-2;/h2*3-13,30H,1-2H3,(H,27,31)(H,32,33,34);/q;;+2/p-2. The number of nitrogens with one attached hydrogen (secondary N) is 1. The van der Waals surface area contributed by atoms with Crippen LogP contribution in [0.25, 0.3) is 21.5 Å². The number of hydrogen-bond acceptors (Lipinski definition) is 15. The third-order valence-electron chi connectivity index (χ3n) is 10.5. The number of amides is 1. The number of carbonyl (C=O) groups is 1. The molecule has 4 N–H and O–H groups in total. The van der Waals surface area contributed by atoms with E-state index >= 15 is 0 Å². The number of azo groups is 2. The molecule has 1 amide bonds. The number of benzene rings is 8. The smallest absolute Gasteiger partial charge is 0.871 e. The van der Waals surface area contributed by atoms with Crippen LogP contribution in [0.3, 0.4) is 0 Å². The number of nitrogens with zero attached hydrogens (tertiary/aromatic N) is 5. The molecule has 0 radical (unpaired) electrons. The van der Waals surface area contributed by atoms with E-state index in [1.165, 1.54) is 50.6 Å². The molecule has 0 atom stereocenters. The maximum absolute atomic E-state index is 13.3. The molecule has 0 spiro atoms. The van der Waals surface area contributed by atoms with Crippen LogP contribution in [-0.4, -0.2) is 106 Å². The number of rotatable bonds is 12. The topological polar surface area (TPSA) is 284 Å². The second-order valence-corrected chi connectivity index (χ2v) is 19.0. The number of fused-ring (bicyclic) bond motifs is 2. The fraction of sp³-hybridized carbons (Fsp3) is 0.0800. The van der Waals surface area contributed by atoms with E-state index in [4.69, 9.17) is 32.7 Å². The van der Waals surface area contributed by atoms with Gasteiger partial charge < -0.3 is 30.1 Å². The number of halogens is 2. The molecule has 368 valence electrons. The maximum Gasteiger partial charge on any atom is 2.00 e. The van der Waals surface area contributed by atoms with Crippen molar-refractivity contribution in [3.63, 3.8) is 0 Å². The number of hydrogen-bond donors (Lipinski definition) is 4. The van der Waals surface area contributed by atoms with Crippen LogP contribution in [0, 0.1) is 13.8 Å². The summed E-state index contributed by atoms with van der Waals surface area (Å²) in [5, 5.41) is 57.7. The van der Waals surface area contributed by atoms with Crippen LogP contribution >= 0.6 is 23.2 Å². The van der Waals surface area contributed by atoms with Gasteiger partial charge in [0.25, 0.3) is 26.1 Å². The van der Waals surface area contributed by atoms with Gasteiger partial charge in [0, 0.05) is 10.8 Å². The van der Waals surface area contributed by atoms with Gasteiger partial charge in [-0.3, -0.25) is 18.9 Å². The number of phenolic OH excluding ortho intramolecular Hbond substituents is 1. The Balaban J connectivity index is 0.000000235. The first-order valence-electron chi connectivity index (χ1n) is 20.9. The number of aromatic hydroxyl groups is 1. The third-order valence-corrected chi connectivity index (χ3v) is 13.3. The van der Waals surface area contributed by atoms with Crippen LogP contribution < -0.4 is 25.0 Å². The quantitative estimate of drug-likeness (QED) is 0.0292. The van der Waals surface area contributed by atoms with Crippen LogP contribution in [0.5, 0.6) is 23.0 Å². The molecule has 0 bridgehead atoms. The molecule has 0 fully saturated rings. The molecule has 0 heterocycles. The number of carbonyl (C=O) groups excluding carboxylic acids is 1. The molecule has 18 nitrogen and oxygen atoms in total. The largest absolute Gasteiger partial charge is 2.00 e. The summed E-state index contributed by atoms with van der Waals surface area (Å²) in [6, 6.07) is 35.4. The van der Waals surface area contributed by atoms with Crippen molar-refractivity contribution < 1.29 is 55.5 Å². The van der Waals surface area contributed by atoms with E-state index in [2.05, 4.69) is 30.8 Å². The molecule has 73 heavy (non-hydrogen) atoms. The van der Waals surface area contributed by atoms with Crippen molar-refractivity contribution >= 4 is 160 Å². The van der Waals surface area contributed by atoms with Crippen LogP contribution in [0.2, 0.25) is 10.0 Å². The summed E-state index contributed by atoms with van der Waals surface area (Å²) in [6.45, 7) is 3.18. The number of methoxy groups -OCH3 is 2. The summed E-state index contributed by atoms with van der Waals surface area (Å²) in [7, 11) is -6.31. The first kappa shape index (κ1) is 55.9. The fourth-order valence-electron chi connectivity index (χ4n) is 7.15. The van der Waals surface area contributed by atoms with Crippen LogP contribution in [-0.2, 0) is 20.2 Å². The van der Waals surface area contributed by atoms with Gasteiger partial charge in [-0.2, -0.15) is 21.9 Å². The summed E-state index contributed by atoms with van der Waals surface area (Å²) < 4.78 is 76.1. The number of para-hydroxylation sites is 4.